The van der Waals surface area contributed by atoms with E-state index < -0.39 is 0 Å². The molecule has 1 aromatic rings. The lowest BCUT2D eigenvalue weighted by Gasteiger charge is -2.09. The van der Waals surface area contributed by atoms with Crippen molar-refractivity contribution >= 4 is 6.29 Å². The quantitative estimate of drug-likeness (QED) is 0.670. The molecule has 0 spiro atoms. The van der Waals surface area contributed by atoms with E-state index in [2.05, 4.69) is 45.0 Å². The molecule has 0 bridgehead atoms. The maximum absolute atomic E-state index is 10.3. The highest BCUT2D eigenvalue weighted by molar-refractivity contribution is 5.49. The number of hydrogen-bond acceptors (Lipinski definition) is 1. The second kappa shape index (κ2) is 5.69. The third-order valence-corrected chi connectivity index (χ3v) is 2.73. The highest BCUT2D eigenvalue weighted by Gasteiger charge is 2.03. The Kier molecular flexibility index (Phi) is 4.54. The molecule has 0 radical (unpaired) electrons. The van der Waals surface area contributed by atoms with Crippen LogP contribution >= 0.6 is 0 Å². The second-order valence-corrected chi connectivity index (χ2v) is 4.61. The van der Waals surface area contributed by atoms with Crippen LogP contribution in [-0.4, -0.2) is 6.29 Å². The molecular formula is C14H20O. The number of carbonyl (C=O) groups is 1. The Morgan fingerprint density at radius 2 is 1.73 bits per heavy atom. The molecule has 15 heavy (non-hydrogen) atoms. The summed E-state index contributed by atoms with van der Waals surface area (Å²) in [5.41, 5.74) is 2.70. The van der Waals surface area contributed by atoms with Gasteiger partial charge in [-0.3, -0.25) is 0 Å². The Balaban J connectivity index is 2.60. The fourth-order valence-corrected chi connectivity index (χ4v) is 1.69. The first-order valence-electron chi connectivity index (χ1n) is 5.66. The van der Waals surface area contributed by atoms with Crippen LogP contribution in [0.5, 0.6) is 0 Å². The van der Waals surface area contributed by atoms with Crippen LogP contribution in [0.3, 0.4) is 0 Å². The van der Waals surface area contributed by atoms with E-state index in [-0.39, 0.29) is 0 Å². The van der Waals surface area contributed by atoms with Crippen LogP contribution in [0.4, 0.5) is 0 Å². The lowest BCUT2D eigenvalue weighted by Crippen LogP contribution is -2.00. The lowest BCUT2D eigenvalue weighted by molar-refractivity contribution is -0.108. The van der Waals surface area contributed by atoms with Crippen LogP contribution in [0.2, 0.25) is 0 Å². The van der Waals surface area contributed by atoms with Gasteiger partial charge in [0.05, 0.1) is 0 Å². The van der Waals surface area contributed by atoms with Gasteiger partial charge >= 0.3 is 0 Å². The van der Waals surface area contributed by atoms with E-state index in [0.717, 1.165) is 12.7 Å². The maximum atomic E-state index is 10.3. The van der Waals surface area contributed by atoms with Gasteiger partial charge in [-0.2, -0.15) is 0 Å². The molecule has 0 N–H and O–H groups in total. The molecule has 1 rings (SSSR count). The molecule has 0 unspecified atom stereocenters. The van der Waals surface area contributed by atoms with Crippen molar-refractivity contribution < 1.29 is 4.79 Å². The van der Waals surface area contributed by atoms with E-state index in [1.165, 1.54) is 11.1 Å². The van der Waals surface area contributed by atoms with E-state index in [4.69, 9.17) is 0 Å². The predicted octanol–water partition coefficient (Wildman–Crippen LogP) is 3.58. The zero-order chi connectivity index (χ0) is 11.3. The third-order valence-electron chi connectivity index (χ3n) is 2.73. The van der Waals surface area contributed by atoms with Crippen molar-refractivity contribution in [3.05, 3.63) is 35.4 Å². The van der Waals surface area contributed by atoms with Crippen molar-refractivity contribution in [1.29, 1.82) is 0 Å². The van der Waals surface area contributed by atoms with Gasteiger partial charge in [-0.25, -0.2) is 0 Å². The first-order chi connectivity index (χ1) is 7.13. The van der Waals surface area contributed by atoms with Crippen LogP contribution in [-0.2, 0) is 11.2 Å². The molecule has 0 heterocycles. The second-order valence-electron chi connectivity index (χ2n) is 4.61. The van der Waals surface area contributed by atoms with Crippen LogP contribution in [0.15, 0.2) is 24.3 Å². The fourth-order valence-electron chi connectivity index (χ4n) is 1.69. The topological polar surface area (TPSA) is 17.1 Å². The molecule has 0 aliphatic heterocycles. The van der Waals surface area contributed by atoms with Gasteiger partial charge < -0.3 is 4.79 Å². The van der Waals surface area contributed by atoms with Gasteiger partial charge in [0.1, 0.15) is 6.29 Å². The molecular weight excluding hydrogens is 184 g/mol. The first-order valence-corrected chi connectivity index (χ1v) is 5.66. The molecule has 1 nitrogen and oxygen atoms in total. The van der Waals surface area contributed by atoms with Crippen LogP contribution < -0.4 is 0 Å². The molecule has 0 fully saturated rings. The van der Waals surface area contributed by atoms with Gasteiger partial charge in [-0.1, -0.05) is 45.0 Å². The summed E-state index contributed by atoms with van der Waals surface area (Å²) in [6.45, 7) is 6.51. The van der Waals surface area contributed by atoms with Gasteiger partial charge in [-0.15, -0.1) is 0 Å². The van der Waals surface area contributed by atoms with Gasteiger partial charge in [0.25, 0.3) is 0 Å². The smallest absolute Gasteiger partial charge is 0.120 e. The Labute approximate surface area is 92.5 Å². The Morgan fingerprint density at radius 1 is 1.13 bits per heavy atom. The summed E-state index contributed by atoms with van der Waals surface area (Å²) < 4.78 is 0. The maximum Gasteiger partial charge on any atom is 0.120 e. The van der Waals surface area contributed by atoms with Crippen LogP contribution in [0, 0.1) is 5.92 Å². The van der Waals surface area contributed by atoms with Gasteiger partial charge in [0.2, 0.25) is 0 Å². The molecule has 0 aromatic heterocycles. The summed E-state index contributed by atoms with van der Waals surface area (Å²) in [5.74, 6) is 1.04. The van der Waals surface area contributed by atoms with Gasteiger partial charge in [-0.05, 0) is 29.4 Å². The van der Waals surface area contributed by atoms with E-state index in [1.807, 2.05) is 0 Å². The summed E-state index contributed by atoms with van der Waals surface area (Å²) in [6.07, 6.45) is 2.66. The number of carbonyl (C=O) groups excluding carboxylic acids is 1. The van der Waals surface area contributed by atoms with E-state index >= 15 is 0 Å². The zero-order valence-electron chi connectivity index (χ0n) is 9.86. The zero-order valence-corrected chi connectivity index (χ0v) is 9.86. The lowest BCUT2D eigenvalue weighted by atomic mass is 9.96. The van der Waals surface area contributed by atoms with Crippen molar-refractivity contribution in [2.24, 2.45) is 5.92 Å². The first kappa shape index (κ1) is 12.0. The molecule has 1 atom stereocenters. The van der Waals surface area contributed by atoms with E-state index in [0.29, 0.717) is 18.3 Å². The fraction of sp³-hybridized carbons (Fsp3) is 0.500. The Hall–Kier alpha value is -1.11. The SMILES string of the molecule is CC(C)c1ccc(C[C@H](C)CC=O)cc1. The van der Waals surface area contributed by atoms with Crippen molar-refractivity contribution in [1.82, 2.24) is 0 Å². The summed E-state index contributed by atoms with van der Waals surface area (Å²) in [6, 6.07) is 8.73. The van der Waals surface area contributed by atoms with Crippen molar-refractivity contribution in [3.8, 4) is 0 Å². The summed E-state index contributed by atoms with van der Waals surface area (Å²) in [5, 5.41) is 0. The highest BCUT2D eigenvalue weighted by Crippen LogP contribution is 2.17. The summed E-state index contributed by atoms with van der Waals surface area (Å²) in [4.78, 5) is 10.3. The summed E-state index contributed by atoms with van der Waals surface area (Å²) >= 11 is 0. The number of rotatable bonds is 5. The molecule has 0 aliphatic rings. The van der Waals surface area contributed by atoms with Crippen LogP contribution in [0.25, 0.3) is 0 Å². The Morgan fingerprint density at radius 3 is 2.20 bits per heavy atom. The predicted molar refractivity (Wildman–Crippen MR) is 64.1 cm³/mol. The van der Waals surface area contributed by atoms with E-state index in [9.17, 15) is 4.79 Å². The molecule has 0 amide bonds. The minimum Gasteiger partial charge on any atom is -0.303 e. The normalized spacial score (nSPS) is 12.8. The largest absolute Gasteiger partial charge is 0.303 e. The average molecular weight is 204 g/mol. The Bertz CT molecular complexity index is 298. The van der Waals surface area contributed by atoms with E-state index in [1.54, 1.807) is 0 Å². The monoisotopic (exact) mass is 204 g/mol. The standard InChI is InChI=1S/C14H20O/c1-11(2)14-6-4-13(5-7-14)10-12(3)8-9-15/h4-7,9,11-12H,8,10H2,1-3H3/t12-/m1/s1. The molecule has 0 saturated heterocycles. The average Bonchev–Trinajstić information content (AvgIpc) is 2.18. The number of hydrogen-bond donors (Lipinski definition) is 0. The van der Waals surface area contributed by atoms with Crippen molar-refractivity contribution in [2.75, 3.05) is 0 Å². The molecule has 1 aromatic carbocycles. The molecule has 0 saturated carbocycles. The van der Waals surface area contributed by atoms with Crippen LogP contribution in [0.1, 0.15) is 44.2 Å². The minimum absolute atomic E-state index is 0.451. The molecule has 0 aliphatic carbocycles. The highest BCUT2D eigenvalue weighted by atomic mass is 16.1. The van der Waals surface area contributed by atoms with Gasteiger partial charge in [0.15, 0.2) is 0 Å². The summed E-state index contributed by atoms with van der Waals surface area (Å²) in [7, 11) is 0. The molecule has 1 heteroatoms. The van der Waals surface area contributed by atoms with Crippen molar-refractivity contribution in [3.63, 3.8) is 0 Å². The third kappa shape index (κ3) is 3.86. The van der Waals surface area contributed by atoms with Gasteiger partial charge in [0, 0.05) is 6.42 Å². The number of benzene rings is 1. The molecule has 82 valence electrons. The minimum atomic E-state index is 0.451. The number of aldehydes is 1. The van der Waals surface area contributed by atoms with Crippen molar-refractivity contribution in [2.45, 2.75) is 39.5 Å².